The third-order valence-corrected chi connectivity index (χ3v) is 3.53. The van der Waals surface area contributed by atoms with Crippen LogP contribution in [0.2, 0.25) is 0 Å². The van der Waals surface area contributed by atoms with E-state index < -0.39 is 5.60 Å². The lowest BCUT2D eigenvalue weighted by molar-refractivity contribution is 0.0183. The number of amides is 1. The molecule has 118 valence electrons. The van der Waals surface area contributed by atoms with Gasteiger partial charge in [0.2, 0.25) is 0 Å². The molecule has 0 bridgehead atoms. The minimum Gasteiger partial charge on any atom is -0.468 e. The molecule has 0 aliphatic carbocycles. The Labute approximate surface area is 126 Å². The molecule has 0 aromatic carbocycles. The normalized spacial score (nSPS) is 21.1. The number of piperidine rings is 1. The predicted octanol–water partition coefficient (Wildman–Crippen LogP) is 3.33. The number of carbonyl (C=O) groups excluding carboxylic acids is 1. The van der Waals surface area contributed by atoms with Crippen LogP contribution in [0.4, 0.5) is 4.79 Å². The fourth-order valence-electron chi connectivity index (χ4n) is 2.58. The van der Waals surface area contributed by atoms with Gasteiger partial charge in [0.15, 0.2) is 0 Å². The van der Waals surface area contributed by atoms with Crippen molar-refractivity contribution in [1.29, 1.82) is 0 Å². The summed E-state index contributed by atoms with van der Waals surface area (Å²) < 4.78 is 10.9. The second-order valence-electron chi connectivity index (χ2n) is 6.67. The van der Waals surface area contributed by atoms with E-state index >= 15 is 0 Å². The fourth-order valence-corrected chi connectivity index (χ4v) is 2.58. The van der Waals surface area contributed by atoms with Crippen molar-refractivity contribution in [3.8, 4) is 0 Å². The molecule has 2 atom stereocenters. The van der Waals surface area contributed by atoms with Crippen molar-refractivity contribution >= 4 is 6.09 Å². The highest BCUT2D eigenvalue weighted by molar-refractivity contribution is 5.68. The standard InChI is InChI=1S/C16H26N2O3/c1-12(14-8-6-10-20-14)17-13-7-5-9-18(11-13)15(19)21-16(2,3)4/h6,8,10,12-13,17H,5,7,9,11H2,1-4H3/t12-,13?/m1/s1. The summed E-state index contributed by atoms with van der Waals surface area (Å²) in [5.41, 5.74) is -0.446. The van der Waals surface area contributed by atoms with E-state index in [0.717, 1.165) is 25.1 Å². The van der Waals surface area contributed by atoms with Gasteiger partial charge in [0.05, 0.1) is 12.3 Å². The summed E-state index contributed by atoms with van der Waals surface area (Å²) in [6.45, 7) is 9.20. The molecule has 2 heterocycles. The van der Waals surface area contributed by atoms with Crippen molar-refractivity contribution < 1.29 is 13.9 Å². The first-order valence-electron chi connectivity index (χ1n) is 7.62. The van der Waals surface area contributed by atoms with Crippen LogP contribution in [0.15, 0.2) is 22.8 Å². The fraction of sp³-hybridized carbons (Fsp3) is 0.688. The van der Waals surface area contributed by atoms with E-state index in [1.807, 2.05) is 32.9 Å². The number of rotatable bonds is 3. The number of furan rings is 1. The van der Waals surface area contributed by atoms with E-state index in [0.29, 0.717) is 6.54 Å². The lowest BCUT2D eigenvalue weighted by Gasteiger charge is -2.35. The number of carbonyl (C=O) groups is 1. The zero-order chi connectivity index (χ0) is 15.5. The molecule has 21 heavy (non-hydrogen) atoms. The molecule has 1 aromatic heterocycles. The second-order valence-corrected chi connectivity index (χ2v) is 6.67. The highest BCUT2D eigenvalue weighted by Crippen LogP contribution is 2.19. The molecule has 2 rings (SSSR count). The SMILES string of the molecule is C[C@@H](NC1CCCN(C(=O)OC(C)(C)C)C1)c1ccco1. The summed E-state index contributed by atoms with van der Waals surface area (Å²) in [6.07, 6.45) is 3.51. The molecule has 1 unspecified atom stereocenters. The van der Waals surface area contributed by atoms with Crippen molar-refractivity contribution in [2.45, 2.75) is 58.2 Å². The largest absolute Gasteiger partial charge is 0.468 e. The van der Waals surface area contributed by atoms with E-state index in [2.05, 4.69) is 12.2 Å². The van der Waals surface area contributed by atoms with Gasteiger partial charge in [0.1, 0.15) is 11.4 Å². The Morgan fingerprint density at radius 3 is 2.90 bits per heavy atom. The van der Waals surface area contributed by atoms with Crippen molar-refractivity contribution in [3.05, 3.63) is 24.2 Å². The number of nitrogens with zero attached hydrogens (tertiary/aromatic N) is 1. The highest BCUT2D eigenvalue weighted by Gasteiger charge is 2.28. The molecule has 5 nitrogen and oxygen atoms in total. The molecular formula is C16H26N2O3. The van der Waals surface area contributed by atoms with Crippen molar-refractivity contribution in [2.24, 2.45) is 0 Å². The van der Waals surface area contributed by atoms with Crippen molar-refractivity contribution in [2.75, 3.05) is 13.1 Å². The summed E-state index contributed by atoms with van der Waals surface area (Å²) in [4.78, 5) is 13.9. The van der Waals surface area contributed by atoms with E-state index in [1.54, 1.807) is 11.2 Å². The van der Waals surface area contributed by atoms with Gasteiger partial charge in [0, 0.05) is 19.1 Å². The summed E-state index contributed by atoms with van der Waals surface area (Å²) in [7, 11) is 0. The molecule has 1 amide bonds. The van der Waals surface area contributed by atoms with Gasteiger partial charge in [-0.15, -0.1) is 0 Å². The first kappa shape index (κ1) is 15.9. The summed E-state index contributed by atoms with van der Waals surface area (Å²) >= 11 is 0. The van der Waals surface area contributed by atoms with Gasteiger partial charge in [0.25, 0.3) is 0 Å². The second kappa shape index (κ2) is 6.52. The average Bonchev–Trinajstić information content (AvgIpc) is 2.91. The Morgan fingerprint density at radius 1 is 1.52 bits per heavy atom. The molecule has 1 aliphatic heterocycles. The Kier molecular flexibility index (Phi) is 4.93. The number of nitrogens with one attached hydrogen (secondary N) is 1. The van der Waals surface area contributed by atoms with Crippen molar-refractivity contribution in [3.63, 3.8) is 0 Å². The van der Waals surface area contributed by atoms with Gasteiger partial charge in [-0.2, -0.15) is 0 Å². The zero-order valence-corrected chi connectivity index (χ0v) is 13.4. The third kappa shape index (κ3) is 4.77. The van der Waals surface area contributed by atoms with Gasteiger partial charge in [-0.1, -0.05) is 0 Å². The van der Waals surface area contributed by atoms with E-state index in [4.69, 9.17) is 9.15 Å². The molecular weight excluding hydrogens is 268 g/mol. The minimum absolute atomic E-state index is 0.142. The van der Waals surface area contributed by atoms with Gasteiger partial charge in [-0.25, -0.2) is 4.79 Å². The molecule has 1 saturated heterocycles. The van der Waals surface area contributed by atoms with Gasteiger partial charge >= 0.3 is 6.09 Å². The smallest absolute Gasteiger partial charge is 0.410 e. The van der Waals surface area contributed by atoms with Crippen LogP contribution in [0.25, 0.3) is 0 Å². The van der Waals surface area contributed by atoms with Crippen LogP contribution < -0.4 is 5.32 Å². The summed E-state index contributed by atoms with van der Waals surface area (Å²) in [6, 6.07) is 4.27. The van der Waals surface area contributed by atoms with E-state index in [1.165, 1.54) is 0 Å². The molecule has 0 saturated carbocycles. The lowest BCUT2D eigenvalue weighted by atomic mass is 10.0. The molecule has 1 aromatic rings. The van der Waals surface area contributed by atoms with Crippen LogP contribution in [0, 0.1) is 0 Å². The average molecular weight is 294 g/mol. The third-order valence-electron chi connectivity index (χ3n) is 3.53. The highest BCUT2D eigenvalue weighted by atomic mass is 16.6. The number of hydrogen-bond donors (Lipinski definition) is 1. The first-order valence-corrected chi connectivity index (χ1v) is 7.62. The topological polar surface area (TPSA) is 54.7 Å². The van der Waals surface area contributed by atoms with Crippen LogP contribution in [-0.2, 0) is 4.74 Å². The number of hydrogen-bond acceptors (Lipinski definition) is 4. The van der Waals surface area contributed by atoms with Crippen LogP contribution in [0.3, 0.4) is 0 Å². The lowest BCUT2D eigenvalue weighted by Crippen LogP contribution is -2.49. The Morgan fingerprint density at radius 2 is 2.29 bits per heavy atom. The number of ether oxygens (including phenoxy) is 1. The van der Waals surface area contributed by atoms with Crippen molar-refractivity contribution in [1.82, 2.24) is 10.2 Å². The molecule has 0 spiro atoms. The monoisotopic (exact) mass is 294 g/mol. The first-order chi connectivity index (χ1) is 9.85. The molecule has 0 radical (unpaired) electrons. The van der Waals surface area contributed by atoms with Gasteiger partial charge in [-0.3, -0.25) is 0 Å². The zero-order valence-electron chi connectivity index (χ0n) is 13.4. The Balaban J connectivity index is 1.87. The van der Waals surface area contributed by atoms with E-state index in [-0.39, 0.29) is 18.2 Å². The van der Waals surface area contributed by atoms with Gasteiger partial charge < -0.3 is 19.4 Å². The number of likely N-dealkylation sites (tertiary alicyclic amines) is 1. The maximum atomic E-state index is 12.1. The minimum atomic E-state index is -0.446. The quantitative estimate of drug-likeness (QED) is 0.929. The molecule has 1 aliphatic rings. The summed E-state index contributed by atoms with van der Waals surface area (Å²) in [5, 5.41) is 3.53. The molecule has 5 heteroatoms. The van der Waals surface area contributed by atoms with Crippen LogP contribution in [0.5, 0.6) is 0 Å². The van der Waals surface area contributed by atoms with Gasteiger partial charge in [-0.05, 0) is 52.7 Å². The maximum Gasteiger partial charge on any atom is 0.410 e. The summed E-state index contributed by atoms with van der Waals surface area (Å²) in [5.74, 6) is 0.921. The Hall–Kier alpha value is -1.49. The van der Waals surface area contributed by atoms with E-state index in [9.17, 15) is 4.79 Å². The Bertz CT molecular complexity index is 451. The predicted molar refractivity (Wildman–Crippen MR) is 81.1 cm³/mol. The molecule has 1 fully saturated rings. The maximum absolute atomic E-state index is 12.1. The van der Waals surface area contributed by atoms with Crippen LogP contribution >= 0.6 is 0 Å². The molecule has 1 N–H and O–H groups in total. The van der Waals surface area contributed by atoms with Crippen LogP contribution in [0.1, 0.15) is 52.3 Å². The van der Waals surface area contributed by atoms with Crippen LogP contribution in [-0.4, -0.2) is 35.7 Å².